The number of carbonyl (C=O) groups is 3. The summed E-state index contributed by atoms with van der Waals surface area (Å²) in [6.07, 6.45) is 1.37. The summed E-state index contributed by atoms with van der Waals surface area (Å²) in [4.78, 5) is 37.5. The fraction of sp³-hybridized carbons (Fsp3) is 0.464. The zero-order chi connectivity index (χ0) is 25.4. The first-order valence-corrected chi connectivity index (χ1v) is 12.1. The van der Waals surface area contributed by atoms with Gasteiger partial charge in [0.15, 0.2) is 0 Å². The van der Waals surface area contributed by atoms with Crippen molar-refractivity contribution in [3.63, 3.8) is 0 Å². The molecule has 3 N–H and O–H groups in total. The molecule has 2 amide bonds. The largest absolute Gasteiger partial charge is 0.481 e. The van der Waals surface area contributed by atoms with E-state index < -0.39 is 28.4 Å². The molecule has 7 heteroatoms. The summed E-state index contributed by atoms with van der Waals surface area (Å²) in [5.41, 5.74) is 1.72. The lowest BCUT2D eigenvalue weighted by Gasteiger charge is -2.42. The van der Waals surface area contributed by atoms with E-state index in [0.29, 0.717) is 12.8 Å². The van der Waals surface area contributed by atoms with Gasteiger partial charge in [-0.2, -0.15) is 0 Å². The van der Waals surface area contributed by atoms with E-state index in [-0.39, 0.29) is 25.0 Å². The third kappa shape index (κ3) is 4.40. The zero-order valence-electron chi connectivity index (χ0n) is 20.8. The Morgan fingerprint density at radius 3 is 2.00 bits per heavy atom. The highest BCUT2D eigenvalue weighted by molar-refractivity contribution is 5.85. The third-order valence-electron chi connectivity index (χ3n) is 8.24. The molecule has 0 heterocycles. The Labute approximate surface area is 206 Å². The van der Waals surface area contributed by atoms with Gasteiger partial charge < -0.3 is 20.5 Å². The molecule has 0 spiro atoms. The van der Waals surface area contributed by atoms with Gasteiger partial charge in [0.2, 0.25) is 5.91 Å². The number of ether oxygens (including phenoxy) is 1. The van der Waals surface area contributed by atoms with Gasteiger partial charge in [0.1, 0.15) is 6.61 Å². The van der Waals surface area contributed by atoms with Gasteiger partial charge in [0, 0.05) is 12.5 Å². The monoisotopic (exact) mass is 478 g/mol. The number of hydrogen-bond acceptors (Lipinski definition) is 4. The van der Waals surface area contributed by atoms with Gasteiger partial charge in [0.05, 0.1) is 16.4 Å². The van der Waals surface area contributed by atoms with E-state index >= 15 is 0 Å². The molecule has 2 aliphatic carbocycles. The molecule has 0 radical (unpaired) electrons. The number of rotatable bonds is 8. The predicted octanol–water partition coefficient (Wildman–Crippen LogP) is 4.70. The number of benzene rings is 2. The van der Waals surface area contributed by atoms with Crippen LogP contribution in [0.15, 0.2) is 48.5 Å². The lowest BCUT2D eigenvalue weighted by Crippen LogP contribution is -2.61. The van der Waals surface area contributed by atoms with Crippen LogP contribution in [-0.4, -0.2) is 41.8 Å². The SMILES string of the molecule is CC(C)(NC(=O)OCC1c2ccccc2-c2ccccc21)C(C)(C)C(=O)NCC1(C(=O)O)CCC1. The molecular weight excluding hydrogens is 444 g/mol. The summed E-state index contributed by atoms with van der Waals surface area (Å²) < 4.78 is 5.66. The molecule has 1 saturated carbocycles. The van der Waals surface area contributed by atoms with Gasteiger partial charge in [0.25, 0.3) is 0 Å². The minimum absolute atomic E-state index is 0.0535. The molecule has 0 atom stereocenters. The number of hydrogen-bond donors (Lipinski definition) is 3. The maximum atomic E-state index is 13.0. The van der Waals surface area contributed by atoms with Crippen LogP contribution in [-0.2, 0) is 14.3 Å². The van der Waals surface area contributed by atoms with E-state index in [2.05, 4.69) is 34.9 Å². The molecule has 2 aliphatic rings. The Bertz CT molecular complexity index is 1100. The first-order valence-electron chi connectivity index (χ1n) is 12.1. The molecule has 4 rings (SSSR count). The summed E-state index contributed by atoms with van der Waals surface area (Å²) in [5.74, 6) is -1.24. The highest BCUT2D eigenvalue weighted by Crippen LogP contribution is 2.44. The highest BCUT2D eigenvalue weighted by Gasteiger charge is 2.48. The second kappa shape index (κ2) is 9.02. The molecule has 0 unspecified atom stereocenters. The number of amides is 2. The molecule has 2 aromatic carbocycles. The van der Waals surface area contributed by atoms with E-state index in [4.69, 9.17) is 4.74 Å². The van der Waals surface area contributed by atoms with Crippen molar-refractivity contribution >= 4 is 18.0 Å². The molecule has 1 fully saturated rings. The summed E-state index contributed by atoms with van der Waals surface area (Å²) in [6.45, 7) is 7.28. The van der Waals surface area contributed by atoms with E-state index in [1.54, 1.807) is 27.7 Å². The van der Waals surface area contributed by atoms with E-state index in [1.165, 1.54) is 0 Å². The summed E-state index contributed by atoms with van der Waals surface area (Å²) in [6, 6.07) is 16.3. The lowest BCUT2D eigenvalue weighted by molar-refractivity contribution is -0.154. The fourth-order valence-electron chi connectivity index (χ4n) is 4.87. The molecule has 7 nitrogen and oxygen atoms in total. The molecule has 0 aliphatic heterocycles. The van der Waals surface area contributed by atoms with Crippen molar-refractivity contribution in [1.82, 2.24) is 10.6 Å². The number of fused-ring (bicyclic) bond motifs is 3. The van der Waals surface area contributed by atoms with Gasteiger partial charge in [-0.25, -0.2) is 4.79 Å². The maximum absolute atomic E-state index is 13.0. The molecule has 2 aromatic rings. The Hall–Kier alpha value is -3.35. The van der Waals surface area contributed by atoms with Crippen LogP contribution in [0.4, 0.5) is 4.79 Å². The molecule has 0 aromatic heterocycles. The van der Waals surface area contributed by atoms with E-state index in [9.17, 15) is 19.5 Å². The number of carbonyl (C=O) groups excluding carboxylic acids is 2. The maximum Gasteiger partial charge on any atom is 0.407 e. The van der Waals surface area contributed by atoms with Crippen LogP contribution in [0.5, 0.6) is 0 Å². The van der Waals surface area contributed by atoms with Gasteiger partial charge in [-0.05, 0) is 62.8 Å². The predicted molar refractivity (Wildman–Crippen MR) is 133 cm³/mol. The quantitative estimate of drug-likeness (QED) is 0.510. The van der Waals surface area contributed by atoms with Gasteiger partial charge in [-0.15, -0.1) is 0 Å². The highest BCUT2D eigenvalue weighted by atomic mass is 16.5. The summed E-state index contributed by atoms with van der Waals surface area (Å²) in [5, 5.41) is 15.2. The average molecular weight is 479 g/mol. The fourth-order valence-corrected chi connectivity index (χ4v) is 4.87. The van der Waals surface area contributed by atoms with Gasteiger partial charge in [-0.1, -0.05) is 55.0 Å². The van der Waals surface area contributed by atoms with Crippen LogP contribution < -0.4 is 10.6 Å². The molecule has 0 saturated heterocycles. The second-order valence-corrected chi connectivity index (χ2v) is 10.8. The third-order valence-corrected chi connectivity index (χ3v) is 8.24. The van der Waals surface area contributed by atoms with Crippen molar-refractivity contribution in [1.29, 1.82) is 0 Å². The molecule has 0 bridgehead atoms. The molecule has 186 valence electrons. The smallest absolute Gasteiger partial charge is 0.407 e. The van der Waals surface area contributed by atoms with Crippen molar-refractivity contribution < 1.29 is 24.2 Å². The minimum atomic E-state index is -1.01. The van der Waals surface area contributed by atoms with E-state index in [0.717, 1.165) is 28.7 Å². The van der Waals surface area contributed by atoms with Crippen LogP contribution in [0.1, 0.15) is 64.0 Å². The van der Waals surface area contributed by atoms with Crippen LogP contribution in [0, 0.1) is 10.8 Å². The van der Waals surface area contributed by atoms with Crippen LogP contribution in [0.3, 0.4) is 0 Å². The minimum Gasteiger partial charge on any atom is -0.481 e. The Kier molecular flexibility index (Phi) is 6.38. The first kappa shape index (κ1) is 24.8. The first-order chi connectivity index (χ1) is 16.5. The second-order valence-electron chi connectivity index (χ2n) is 10.8. The van der Waals surface area contributed by atoms with Gasteiger partial charge in [-0.3, -0.25) is 9.59 Å². The van der Waals surface area contributed by atoms with Crippen LogP contribution >= 0.6 is 0 Å². The average Bonchev–Trinajstić information content (AvgIpc) is 3.10. The number of carboxylic acid groups (broad SMARTS) is 1. The Balaban J connectivity index is 1.38. The number of aliphatic carboxylic acids is 1. The molecular formula is C28H34N2O5. The topological polar surface area (TPSA) is 105 Å². The lowest BCUT2D eigenvalue weighted by atomic mass is 9.68. The van der Waals surface area contributed by atoms with Crippen molar-refractivity contribution in [3.8, 4) is 11.1 Å². The zero-order valence-corrected chi connectivity index (χ0v) is 20.8. The van der Waals surface area contributed by atoms with Crippen LogP contribution in [0.2, 0.25) is 0 Å². The number of nitrogens with one attached hydrogen (secondary N) is 2. The Morgan fingerprint density at radius 2 is 1.51 bits per heavy atom. The number of alkyl carbamates (subject to hydrolysis) is 1. The van der Waals surface area contributed by atoms with Crippen molar-refractivity contribution in [3.05, 3.63) is 59.7 Å². The number of carboxylic acids is 1. The summed E-state index contributed by atoms with van der Waals surface area (Å²) >= 11 is 0. The van der Waals surface area contributed by atoms with Crippen LogP contribution in [0.25, 0.3) is 11.1 Å². The Morgan fingerprint density at radius 1 is 0.971 bits per heavy atom. The normalized spacial score (nSPS) is 16.5. The standard InChI is InChI=1S/C28H34N2O5/c1-26(2,23(31)29-17-28(24(32)33)14-9-15-28)27(3,4)30-25(34)35-16-22-20-12-7-5-10-18(20)19-11-6-8-13-21(19)22/h5-8,10-13,22H,9,14-17H2,1-4H3,(H,29,31)(H,30,34)(H,32,33). The van der Waals surface area contributed by atoms with Gasteiger partial charge >= 0.3 is 12.1 Å². The van der Waals surface area contributed by atoms with E-state index in [1.807, 2.05) is 24.3 Å². The summed E-state index contributed by atoms with van der Waals surface area (Å²) in [7, 11) is 0. The van der Waals surface area contributed by atoms with Crippen molar-refractivity contribution in [2.45, 2.75) is 58.4 Å². The molecule has 35 heavy (non-hydrogen) atoms. The van der Waals surface area contributed by atoms with Crippen molar-refractivity contribution in [2.75, 3.05) is 13.2 Å². The van der Waals surface area contributed by atoms with Crippen molar-refractivity contribution in [2.24, 2.45) is 10.8 Å².